The van der Waals surface area contributed by atoms with Crippen molar-refractivity contribution in [3.8, 4) is 39.4 Å². The van der Waals surface area contributed by atoms with Crippen molar-refractivity contribution in [1.82, 2.24) is 4.57 Å². The Morgan fingerprint density at radius 3 is 2.38 bits per heavy atom. The zero-order valence-electron chi connectivity index (χ0n) is 21.7. The molecule has 3 aliphatic rings. The molecule has 0 unspecified atom stereocenters. The number of ether oxygens (including phenoxy) is 1. The Bertz CT molecular complexity index is 2240. The van der Waals surface area contributed by atoms with E-state index in [1.165, 1.54) is 77.3 Å². The Morgan fingerprint density at radius 1 is 0.575 bits per heavy atom. The average Bonchev–Trinajstić information content (AvgIpc) is 3.55. The summed E-state index contributed by atoms with van der Waals surface area (Å²) < 4.78 is 9.19. The second kappa shape index (κ2) is 7.34. The van der Waals surface area contributed by atoms with E-state index >= 15 is 0 Å². The number of aromatic nitrogens is 1. The van der Waals surface area contributed by atoms with Crippen molar-refractivity contribution in [2.45, 2.75) is 6.42 Å². The minimum atomic E-state index is 0.138. The summed E-state index contributed by atoms with van der Waals surface area (Å²) in [7, 11) is 0. The fraction of sp³-hybridized carbons (Fsp3) is 0.0270. The molecule has 3 heterocycles. The Hall–Kier alpha value is -5.02. The molecule has 184 valence electrons. The van der Waals surface area contributed by atoms with Gasteiger partial charge in [-0.2, -0.15) is 0 Å². The lowest BCUT2D eigenvalue weighted by atomic mass is 9.34. The average molecular weight is 507 g/mol. The largest absolute Gasteiger partial charge is 0.458 e. The van der Waals surface area contributed by atoms with Gasteiger partial charge in [-0.25, -0.2) is 0 Å². The van der Waals surface area contributed by atoms with Crippen LogP contribution in [0.25, 0.3) is 49.7 Å². The van der Waals surface area contributed by atoms with E-state index in [1.807, 2.05) is 0 Å². The highest BCUT2D eigenvalue weighted by molar-refractivity contribution is 6.99. The van der Waals surface area contributed by atoms with Crippen LogP contribution in [0, 0.1) is 0 Å². The van der Waals surface area contributed by atoms with Crippen LogP contribution in [0.5, 0.6) is 11.5 Å². The second-order valence-electron chi connectivity index (χ2n) is 11.3. The number of para-hydroxylation sites is 2. The Labute approximate surface area is 232 Å². The summed E-state index contributed by atoms with van der Waals surface area (Å²) in [6.45, 7) is 0.138. The van der Waals surface area contributed by atoms with Crippen LogP contribution >= 0.6 is 0 Å². The predicted molar refractivity (Wildman–Crippen MR) is 166 cm³/mol. The minimum absolute atomic E-state index is 0.138. The van der Waals surface area contributed by atoms with Crippen LogP contribution in [0.4, 0.5) is 0 Å². The van der Waals surface area contributed by atoms with E-state index in [2.05, 4.69) is 126 Å². The van der Waals surface area contributed by atoms with Gasteiger partial charge in [-0.15, -0.1) is 0 Å². The first kappa shape index (κ1) is 20.9. The molecular formula is C37H22BNO. The molecule has 40 heavy (non-hydrogen) atoms. The molecule has 0 N–H and O–H groups in total. The van der Waals surface area contributed by atoms with Crippen LogP contribution in [0.3, 0.4) is 0 Å². The monoisotopic (exact) mass is 507 g/mol. The van der Waals surface area contributed by atoms with Gasteiger partial charge in [0.05, 0.1) is 11.0 Å². The van der Waals surface area contributed by atoms with Crippen molar-refractivity contribution in [3.05, 3.63) is 132 Å². The number of nitrogens with zero attached hydrogens (tertiary/aromatic N) is 1. The lowest BCUT2D eigenvalue weighted by molar-refractivity contribution is 0.488. The summed E-state index contributed by atoms with van der Waals surface area (Å²) in [4.78, 5) is 0. The smallest absolute Gasteiger partial charge is 0.256 e. The number of rotatable bonds is 1. The highest BCUT2D eigenvalue weighted by Crippen LogP contribution is 2.41. The van der Waals surface area contributed by atoms with Crippen molar-refractivity contribution >= 4 is 44.9 Å². The highest BCUT2D eigenvalue weighted by Gasteiger charge is 2.40. The van der Waals surface area contributed by atoms with Crippen molar-refractivity contribution in [3.63, 3.8) is 0 Å². The third-order valence-corrected chi connectivity index (χ3v) is 9.28. The van der Waals surface area contributed by atoms with Gasteiger partial charge in [0.25, 0.3) is 6.71 Å². The van der Waals surface area contributed by atoms with E-state index in [0.717, 1.165) is 17.9 Å². The van der Waals surface area contributed by atoms with Gasteiger partial charge in [0.15, 0.2) is 0 Å². The molecule has 1 aromatic heterocycles. The van der Waals surface area contributed by atoms with Crippen molar-refractivity contribution in [2.24, 2.45) is 0 Å². The first-order valence-electron chi connectivity index (χ1n) is 14.0. The summed E-state index contributed by atoms with van der Waals surface area (Å²) in [5.74, 6) is 1.92. The molecule has 3 heteroatoms. The molecule has 0 fully saturated rings. The number of hydrogen-bond donors (Lipinski definition) is 0. The van der Waals surface area contributed by atoms with E-state index in [-0.39, 0.29) is 6.71 Å². The van der Waals surface area contributed by atoms with E-state index in [9.17, 15) is 0 Å². The van der Waals surface area contributed by atoms with Crippen LogP contribution in [-0.4, -0.2) is 11.3 Å². The Kier molecular flexibility index (Phi) is 3.83. The number of fused-ring (bicyclic) bond motifs is 11. The zero-order chi connectivity index (χ0) is 25.9. The molecular weight excluding hydrogens is 485 g/mol. The molecule has 0 saturated carbocycles. The van der Waals surface area contributed by atoms with Crippen LogP contribution < -0.4 is 21.1 Å². The summed E-state index contributed by atoms with van der Waals surface area (Å²) in [5.41, 5.74) is 15.6. The normalized spacial score (nSPS) is 13.6. The van der Waals surface area contributed by atoms with Gasteiger partial charge in [0.2, 0.25) is 0 Å². The standard InChI is InChI=1S/C37H22BNO/c1-2-8-26-24(7-1)20-25-19-22(13-15-27(25)26)23-14-17-31-35(21-23)40-34-18-16-29-28-9-3-5-11-32(28)39-33-12-6-4-10-30(33)38(31)36(34)37(29)39/h1-19,21H,20H2. The van der Waals surface area contributed by atoms with Crippen molar-refractivity contribution in [2.75, 3.05) is 0 Å². The van der Waals surface area contributed by atoms with Gasteiger partial charge in [0, 0.05) is 16.5 Å². The lowest BCUT2D eigenvalue weighted by Gasteiger charge is -2.33. The van der Waals surface area contributed by atoms with Crippen LogP contribution in [0.15, 0.2) is 121 Å². The third kappa shape index (κ3) is 2.55. The maximum Gasteiger partial charge on any atom is 0.256 e. The maximum atomic E-state index is 6.75. The molecule has 0 spiro atoms. The molecule has 0 bridgehead atoms. The number of benzene rings is 6. The second-order valence-corrected chi connectivity index (χ2v) is 11.3. The molecule has 0 amide bonds. The fourth-order valence-electron chi connectivity index (χ4n) is 7.58. The fourth-order valence-corrected chi connectivity index (χ4v) is 7.58. The molecule has 0 atom stereocenters. The maximum absolute atomic E-state index is 6.75. The molecule has 7 aromatic rings. The van der Waals surface area contributed by atoms with Crippen LogP contribution in [-0.2, 0) is 6.42 Å². The molecule has 0 saturated heterocycles. The van der Waals surface area contributed by atoms with E-state index < -0.39 is 0 Å². The quantitative estimate of drug-likeness (QED) is 0.219. The molecule has 1 aliphatic carbocycles. The van der Waals surface area contributed by atoms with Gasteiger partial charge in [0.1, 0.15) is 11.5 Å². The van der Waals surface area contributed by atoms with Gasteiger partial charge < -0.3 is 9.30 Å². The zero-order valence-corrected chi connectivity index (χ0v) is 21.7. The molecule has 6 aromatic carbocycles. The molecule has 2 nitrogen and oxygen atoms in total. The molecule has 2 aliphatic heterocycles. The van der Waals surface area contributed by atoms with Gasteiger partial charge in [-0.3, -0.25) is 0 Å². The van der Waals surface area contributed by atoms with Crippen molar-refractivity contribution < 1.29 is 4.74 Å². The summed E-state index contributed by atoms with van der Waals surface area (Å²) in [6, 6.07) is 44.6. The van der Waals surface area contributed by atoms with Crippen molar-refractivity contribution in [1.29, 1.82) is 0 Å². The first-order valence-corrected chi connectivity index (χ1v) is 14.0. The molecule has 10 rings (SSSR count). The SMILES string of the molecule is c1ccc2c(c1)Cc1cc(-c3ccc4c(c3)Oc3ccc5c6ccccc6n6c5c3B4c3ccccc3-6)ccc1-2. The van der Waals surface area contributed by atoms with Gasteiger partial charge in [-0.1, -0.05) is 91.0 Å². The third-order valence-electron chi connectivity index (χ3n) is 9.28. The van der Waals surface area contributed by atoms with Crippen LogP contribution in [0.2, 0.25) is 0 Å². The van der Waals surface area contributed by atoms with E-state index in [4.69, 9.17) is 4.74 Å². The first-order chi connectivity index (χ1) is 19.8. The van der Waals surface area contributed by atoms with Gasteiger partial charge >= 0.3 is 0 Å². The Morgan fingerprint density at radius 2 is 1.38 bits per heavy atom. The minimum Gasteiger partial charge on any atom is -0.458 e. The predicted octanol–water partition coefficient (Wildman–Crippen LogP) is 6.96. The summed E-state index contributed by atoms with van der Waals surface area (Å²) in [6.07, 6.45) is 0.997. The highest BCUT2D eigenvalue weighted by atomic mass is 16.5. The summed E-state index contributed by atoms with van der Waals surface area (Å²) in [5, 5.41) is 2.58. The molecule has 0 radical (unpaired) electrons. The Balaban J connectivity index is 1.17. The van der Waals surface area contributed by atoms with Gasteiger partial charge in [-0.05, 0) is 86.5 Å². The number of hydrogen-bond acceptors (Lipinski definition) is 1. The lowest BCUT2D eigenvalue weighted by Crippen LogP contribution is -2.58. The van der Waals surface area contributed by atoms with E-state index in [1.54, 1.807) is 0 Å². The van der Waals surface area contributed by atoms with Crippen LogP contribution in [0.1, 0.15) is 11.1 Å². The summed E-state index contributed by atoms with van der Waals surface area (Å²) >= 11 is 0. The van der Waals surface area contributed by atoms with E-state index in [0.29, 0.717) is 0 Å². The topological polar surface area (TPSA) is 14.2 Å².